The minimum atomic E-state index is 0.269. The van der Waals surface area contributed by atoms with Crippen LogP contribution >= 0.6 is 15.9 Å². The molecule has 3 unspecified atom stereocenters. The molecule has 2 rings (SSSR count). The summed E-state index contributed by atoms with van der Waals surface area (Å²) in [5.74, 6) is 1.44. The average molecular weight is 217 g/mol. The summed E-state index contributed by atoms with van der Waals surface area (Å²) in [6.45, 7) is 4.46. The predicted molar refractivity (Wildman–Crippen MR) is 47.7 cm³/mol. The first-order valence-corrected chi connectivity index (χ1v) is 5.12. The van der Waals surface area contributed by atoms with Gasteiger partial charge >= 0.3 is 0 Å². The SMILES string of the molecule is CC1(C)C2CC(Br)C1CC2=O. The number of halogens is 1. The summed E-state index contributed by atoms with van der Waals surface area (Å²) in [6.07, 6.45) is 1.88. The molecule has 0 spiro atoms. The highest BCUT2D eigenvalue weighted by Gasteiger charge is 2.56. The van der Waals surface area contributed by atoms with Crippen molar-refractivity contribution in [1.82, 2.24) is 0 Å². The molecular weight excluding hydrogens is 204 g/mol. The van der Waals surface area contributed by atoms with Crippen molar-refractivity contribution in [3.05, 3.63) is 0 Å². The lowest BCUT2D eigenvalue weighted by molar-refractivity contribution is -0.122. The molecule has 0 heterocycles. The van der Waals surface area contributed by atoms with Gasteiger partial charge in [0.2, 0.25) is 0 Å². The lowest BCUT2D eigenvalue weighted by Gasteiger charge is -2.23. The molecule has 62 valence electrons. The minimum Gasteiger partial charge on any atom is -0.299 e. The maximum Gasteiger partial charge on any atom is 0.136 e. The van der Waals surface area contributed by atoms with E-state index in [9.17, 15) is 4.79 Å². The number of fused-ring (bicyclic) bond motifs is 2. The zero-order valence-corrected chi connectivity index (χ0v) is 8.52. The third-order valence-electron chi connectivity index (χ3n) is 3.56. The van der Waals surface area contributed by atoms with E-state index >= 15 is 0 Å². The van der Waals surface area contributed by atoms with E-state index in [1.165, 1.54) is 0 Å². The van der Waals surface area contributed by atoms with Crippen LogP contribution in [0.3, 0.4) is 0 Å². The van der Waals surface area contributed by atoms with E-state index in [1.54, 1.807) is 0 Å². The maximum atomic E-state index is 11.4. The van der Waals surface area contributed by atoms with Crippen molar-refractivity contribution in [3.63, 3.8) is 0 Å². The molecule has 0 aliphatic heterocycles. The topological polar surface area (TPSA) is 17.1 Å². The van der Waals surface area contributed by atoms with Gasteiger partial charge in [0.15, 0.2) is 0 Å². The molecule has 1 nitrogen and oxygen atoms in total. The van der Waals surface area contributed by atoms with E-state index in [-0.39, 0.29) is 5.41 Å². The molecule has 2 saturated carbocycles. The van der Waals surface area contributed by atoms with Crippen molar-refractivity contribution in [2.45, 2.75) is 31.5 Å². The molecule has 2 heteroatoms. The number of alkyl halides is 1. The fraction of sp³-hybridized carbons (Fsp3) is 0.889. The Morgan fingerprint density at radius 3 is 2.45 bits per heavy atom. The van der Waals surface area contributed by atoms with Crippen LogP contribution in [0, 0.1) is 17.3 Å². The van der Waals surface area contributed by atoms with Crippen LogP contribution in [0.15, 0.2) is 0 Å². The third-order valence-corrected chi connectivity index (χ3v) is 4.57. The lowest BCUT2D eigenvalue weighted by Crippen LogP contribution is -2.19. The van der Waals surface area contributed by atoms with Gasteiger partial charge in [-0.15, -0.1) is 0 Å². The summed E-state index contributed by atoms with van der Waals surface area (Å²) in [6, 6.07) is 0. The van der Waals surface area contributed by atoms with Crippen molar-refractivity contribution in [1.29, 1.82) is 0 Å². The molecule has 0 aromatic rings. The van der Waals surface area contributed by atoms with Crippen molar-refractivity contribution in [3.8, 4) is 0 Å². The van der Waals surface area contributed by atoms with Crippen molar-refractivity contribution < 1.29 is 4.79 Å². The Morgan fingerprint density at radius 2 is 2.18 bits per heavy atom. The number of rotatable bonds is 0. The van der Waals surface area contributed by atoms with Crippen LogP contribution in [-0.4, -0.2) is 10.6 Å². The lowest BCUT2D eigenvalue weighted by atomic mass is 9.82. The number of carbonyl (C=O) groups excluding carboxylic acids is 1. The summed E-state index contributed by atoms with van der Waals surface area (Å²) in [5.41, 5.74) is 0.269. The van der Waals surface area contributed by atoms with Crippen molar-refractivity contribution in [2.24, 2.45) is 17.3 Å². The van der Waals surface area contributed by atoms with Crippen molar-refractivity contribution in [2.75, 3.05) is 0 Å². The van der Waals surface area contributed by atoms with Gasteiger partial charge in [-0.1, -0.05) is 29.8 Å². The summed E-state index contributed by atoms with van der Waals surface area (Å²) in [5, 5.41) is 0. The van der Waals surface area contributed by atoms with Crippen LogP contribution in [-0.2, 0) is 4.79 Å². The highest BCUT2D eigenvalue weighted by Crippen LogP contribution is 2.57. The molecule has 0 amide bonds. The molecule has 0 radical (unpaired) electrons. The second-order valence-corrected chi connectivity index (χ2v) is 5.58. The van der Waals surface area contributed by atoms with Crippen LogP contribution in [0.1, 0.15) is 26.7 Å². The Hall–Kier alpha value is 0.150. The first-order chi connectivity index (χ1) is 5.03. The van der Waals surface area contributed by atoms with E-state index < -0.39 is 0 Å². The molecule has 0 aromatic heterocycles. The third kappa shape index (κ3) is 0.851. The Morgan fingerprint density at radius 1 is 1.55 bits per heavy atom. The summed E-state index contributed by atoms with van der Waals surface area (Å²) in [4.78, 5) is 12.0. The molecule has 2 bridgehead atoms. The van der Waals surface area contributed by atoms with Gasteiger partial charge in [0.1, 0.15) is 5.78 Å². The molecule has 2 aliphatic rings. The van der Waals surface area contributed by atoms with E-state index in [0.717, 1.165) is 12.8 Å². The second-order valence-electron chi connectivity index (χ2n) is 4.40. The molecule has 11 heavy (non-hydrogen) atoms. The molecule has 2 aliphatic carbocycles. The van der Waals surface area contributed by atoms with Crippen LogP contribution in [0.4, 0.5) is 0 Å². The average Bonchev–Trinajstić information content (AvgIpc) is 2.21. The first kappa shape index (κ1) is 7.78. The fourth-order valence-corrected chi connectivity index (χ4v) is 3.96. The van der Waals surface area contributed by atoms with Crippen LogP contribution in [0.25, 0.3) is 0 Å². The second kappa shape index (κ2) is 2.09. The Balaban J connectivity index is 2.35. The van der Waals surface area contributed by atoms with Crippen LogP contribution in [0.2, 0.25) is 0 Å². The van der Waals surface area contributed by atoms with Gasteiger partial charge in [-0.25, -0.2) is 0 Å². The highest BCUT2D eigenvalue weighted by molar-refractivity contribution is 9.09. The van der Waals surface area contributed by atoms with Gasteiger partial charge in [0.25, 0.3) is 0 Å². The first-order valence-electron chi connectivity index (χ1n) is 4.20. The van der Waals surface area contributed by atoms with E-state index in [1.807, 2.05) is 0 Å². The summed E-state index contributed by atoms with van der Waals surface area (Å²) < 4.78 is 0. The minimum absolute atomic E-state index is 0.269. The molecular formula is C9H13BrO. The maximum absolute atomic E-state index is 11.4. The van der Waals surface area contributed by atoms with Gasteiger partial charge in [-0.05, 0) is 17.8 Å². The highest BCUT2D eigenvalue weighted by atomic mass is 79.9. The molecule has 0 aromatic carbocycles. The summed E-state index contributed by atoms with van der Waals surface area (Å²) in [7, 11) is 0. The molecule has 3 atom stereocenters. The van der Waals surface area contributed by atoms with E-state index in [4.69, 9.17) is 0 Å². The monoisotopic (exact) mass is 216 g/mol. The molecule has 2 fully saturated rings. The number of hydrogen-bond donors (Lipinski definition) is 0. The smallest absolute Gasteiger partial charge is 0.136 e. The predicted octanol–water partition coefficient (Wildman–Crippen LogP) is 2.39. The summed E-state index contributed by atoms with van der Waals surface area (Å²) >= 11 is 3.65. The normalized spacial score (nSPS) is 46.8. The molecule has 0 N–H and O–H groups in total. The zero-order chi connectivity index (χ0) is 8.22. The van der Waals surface area contributed by atoms with E-state index in [0.29, 0.717) is 22.4 Å². The van der Waals surface area contributed by atoms with Gasteiger partial charge < -0.3 is 0 Å². The van der Waals surface area contributed by atoms with Crippen LogP contribution in [0.5, 0.6) is 0 Å². The fourth-order valence-electron chi connectivity index (χ4n) is 2.71. The van der Waals surface area contributed by atoms with Crippen molar-refractivity contribution >= 4 is 21.7 Å². The Bertz CT molecular complexity index is 210. The van der Waals surface area contributed by atoms with Gasteiger partial charge in [-0.3, -0.25) is 4.79 Å². The van der Waals surface area contributed by atoms with Gasteiger partial charge in [-0.2, -0.15) is 0 Å². The number of Topliss-reactive ketones (excluding diaryl/α,β-unsaturated/α-hetero) is 1. The zero-order valence-electron chi connectivity index (χ0n) is 6.93. The number of carbonyl (C=O) groups is 1. The largest absolute Gasteiger partial charge is 0.299 e. The van der Waals surface area contributed by atoms with Crippen LogP contribution < -0.4 is 0 Å². The van der Waals surface area contributed by atoms with Gasteiger partial charge in [0, 0.05) is 17.2 Å². The molecule has 0 saturated heterocycles. The Labute approximate surface area is 75.7 Å². The van der Waals surface area contributed by atoms with Gasteiger partial charge in [0.05, 0.1) is 0 Å². The quantitative estimate of drug-likeness (QED) is 0.569. The Kier molecular flexibility index (Phi) is 1.48. The number of ketones is 1. The standard InChI is InChI=1S/C9H13BrO/c1-9(2)5-4-8(11)6(9)3-7(5)10/h5-7H,3-4H2,1-2H3. The number of hydrogen-bond acceptors (Lipinski definition) is 1. The van der Waals surface area contributed by atoms with E-state index in [2.05, 4.69) is 29.8 Å².